The predicted molar refractivity (Wildman–Crippen MR) is 93.2 cm³/mol. The third-order valence-corrected chi connectivity index (χ3v) is 5.11. The fourth-order valence-corrected chi connectivity index (χ4v) is 3.78. The molecule has 1 aromatic rings. The van der Waals surface area contributed by atoms with Crippen molar-refractivity contribution in [2.75, 3.05) is 18.0 Å². The zero-order chi connectivity index (χ0) is 16.4. The van der Waals surface area contributed by atoms with E-state index in [1.807, 2.05) is 24.3 Å². The third-order valence-electron chi connectivity index (χ3n) is 4.61. The van der Waals surface area contributed by atoms with Crippen molar-refractivity contribution in [1.29, 1.82) is 0 Å². The maximum atomic E-state index is 12.6. The normalized spacial score (nSPS) is 28.0. The molecule has 2 aliphatic heterocycles. The highest BCUT2D eigenvalue weighted by molar-refractivity contribution is 9.10. The van der Waals surface area contributed by atoms with Gasteiger partial charge in [0.1, 0.15) is 5.92 Å². The Morgan fingerprint density at radius 3 is 2.96 bits per heavy atom. The Kier molecular flexibility index (Phi) is 5.02. The molecule has 2 saturated heterocycles. The van der Waals surface area contributed by atoms with Crippen LogP contribution in [0.1, 0.15) is 26.2 Å². The van der Waals surface area contributed by atoms with Crippen molar-refractivity contribution < 1.29 is 9.59 Å². The Morgan fingerprint density at radius 1 is 1.39 bits per heavy atom. The van der Waals surface area contributed by atoms with Gasteiger partial charge >= 0.3 is 0 Å². The van der Waals surface area contributed by atoms with E-state index >= 15 is 0 Å². The lowest BCUT2D eigenvalue weighted by Gasteiger charge is -2.29. The van der Waals surface area contributed by atoms with Crippen LogP contribution in [-0.4, -0.2) is 37.0 Å². The molecular formula is C17H22BrN3O2. The number of benzene rings is 1. The fourth-order valence-electron chi connectivity index (χ4n) is 3.39. The molecule has 6 heteroatoms. The number of nitrogens with one attached hydrogen (secondary N) is 2. The number of amides is 2. The van der Waals surface area contributed by atoms with Gasteiger partial charge in [-0.3, -0.25) is 9.59 Å². The first kappa shape index (κ1) is 16.5. The van der Waals surface area contributed by atoms with Crippen molar-refractivity contribution in [3.63, 3.8) is 0 Å². The smallest absolute Gasteiger partial charge is 0.239 e. The van der Waals surface area contributed by atoms with Gasteiger partial charge in [-0.1, -0.05) is 22.0 Å². The molecule has 2 N–H and O–H groups in total. The molecule has 124 valence electrons. The maximum Gasteiger partial charge on any atom is 0.239 e. The van der Waals surface area contributed by atoms with E-state index in [9.17, 15) is 9.59 Å². The Bertz CT molecular complexity index is 607. The van der Waals surface area contributed by atoms with E-state index in [0.717, 1.165) is 29.5 Å². The zero-order valence-corrected chi connectivity index (χ0v) is 14.8. The van der Waals surface area contributed by atoms with E-state index in [0.29, 0.717) is 19.0 Å². The van der Waals surface area contributed by atoms with Crippen LogP contribution < -0.4 is 15.5 Å². The molecule has 3 atom stereocenters. The van der Waals surface area contributed by atoms with E-state index < -0.39 is 5.92 Å². The topological polar surface area (TPSA) is 61.4 Å². The minimum Gasteiger partial charge on any atom is -0.353 e. The largest absolute Gasteiger partial charge is 0.353 e. The number of hydrogen-bond donors (Lipinski definition) is 2. The summed E-state index contributed by atoms with van der Waals surface area (Å²) in [6.45, 7) is 3.62. The van der Waals surface area contributed by atoms with Gasteiger partial charge in [-0.15, -0.1) is 0 Å². The Labute approximate surface area is 144 Å². The maximum absolute atomic E-state index is 12.6. The molecular weight excluding hydrogens is 358 g/mol. The molecule has 2 fully saturated rings. The van der Waals surface area contributed by atoms with Gasteiger partial charge in [0.05, 0.1) is 0 Å². The van der Waals surface area contributed by atoms with Gasteiger partial charge < -0.3 is 15.5 Å². The lowest BCUT2D eigenvalue weighted by atomic mass is 9.99. The van der Waals surface area contributed by atoms with Crippen molar-refractivity contribution in [3.8, 4) is 0 Å². The van der Waals surface area contributed by atoms with Crippen molar-refractivity contribution >= 4 is 33.4 Å². The summed E-state index contributed by atoms with van der Waals surface area (Å²) < 4.78 is 0.930. The molecule has 3 unspecified atom stereocenters. The average Bonchev–Trinajstić information content (AvgIpc) is 2.89. The van der Waals surface area contributed by atoms with Crippen LogP contribution in [-0.2, 0) is 9.59 Å². The van der Waals surface area contributed by atoms with Crippen LogP contribution in [0.15, 0.2) is 28.7 Å². The number of piperidine rings is 1. The molecule has 0 radical (unpaired) electrons. The van der Waals surface area contributed by atoms with Gasteiger partial charge in [0, 0.05) is 28.8 Å². The monoisotopic (exact) mass is 379 g/mol. The fraction of sp³-hybridized carbons (Fsp3) is 0.529. The van der Waals surface area contributed by atoms with Gasteiger partial charge in [-0.2, -0.15) is 0 Å². The summed E-state index contributed by atoms with van der Waals surface area (Å²) >= 11 is 3.42. The molecule has 1 aromatic carbocycles. The number of rotatable bonds is 3. The highest BCUT2D eigenvalue weighted by Crippen LogP contribution is 2.27. The lowest BCUT2D eigenvalue weighted by molar-refractivity contribution is -0.132. The summed E-state index contributed by atoms with van der Waals surface area (Å²) in [7, 11) is 0. The number of anilines is 1. The van der Waals surface area contributed by atoms with Gasteiger partial charge in [0.25, 0.3) is 0 Å². The Balaban J connectivity index is 1.63. The van der Waals surface area contributed by atoms with Crippen molar-refractivity contribution in [1.82, 2.24) is 10.6 Å². The minimum absolute atomic E-state index is 0.0948. The molecule has 3 rings (SSSR count). The number of carbonyl (C=O) groups excluding carboxylic acids is 2. The summed E-state index contributed by atoms with van der Waals surface area (Å²) in [6.07, 6.45) is 2.42. The molecule has 2 aliphatic rings. The number of hydrogen-bond acceptors (Lipinski definition) is 3. The number of carbonyl (C=O) groups is 2. The van der Waals surface area contributed by atoms with Crippen LogP contribution >= 0.6 is 15.9 Å². The molecule has 5 nitrogen and oxygen atoms in total. The number of halogens is 1. The molecule has 0 aliphatic carbocycles. The summed E-state index contributed by atoms with van der Waals surface area (Å²) in [6, 6.07) is 8.21. The van der Waals surface area contributed by atoms with Gasteiger partial charge in [-0.05, 0) is 50.9 Å². The molecule has 0 spiro atoms. The van der Waals surface area contributed by atoms with Crippen LogP contribution in [0.25, 0.3) is 0 Å². The van der Waals surface area contributed by atoms with Crippen LogP contribution in [0.2, 0.25) is 0 Å². The van der Waals surface area contributed by atoms with Crippen LogP contribution in [0.5, 0.6) is 0 Å². The summed E-state index contributed by atoms with van der Waals surface area (Å²) in [5, 5.41) is 6.44. The van der Waals surface area contributed by atoms with Crippen LogP contribution in [0, 0.1) is 5.92 Å². The van der Waals surface area contributed by atoms with E-state index in [-0.39, 0.29) is 17.9 Å². The molecule has 2 amide bonds. The zero-order valence-electron chi connectivity index (χ0n) is 13.2. The van der Waals surface area contributed by atoms with Gasteiger partial charge in [-0.25, -0.2) is 0 Å². The summed E-state index contributed by atoms with van der Waals surface area (Å²) in [4.78, 5) is 26.8. The second kappa shape index (κ2) is 7.01. The van der Waals surface area contributed by atoms with Crippen LogP contribution in [0.3, 0.4) is 0 Å². The Hall–Kier alpha value is -1.40. The van der Waals surface area contributed by atoms with Gasteiger partial charge in [0.2, 0.25) is 11.8 Å². The summed E-state index contributed by atoms with van der Waals surface area (Å²) in [5.74, 6) is -0.770. The molecule has 0 saturated carbocycles. The van der Waals surface area contributed by atoms with E-state index in [4.69, 9.17) is 0 Å². The first-order valence-corrected chi connectivity index (χ1v) is 8.94. The van der Waals surface area contributed by atoms with Gasteiger partial charge in [0.15, 0.2) is 0 Å². The third kappa shape index (κ3) is 3.75. The quantitative estimate of drug-likeness (QED) is 0.790. The SMILES string of the molecule is CC1CC(NC(=O)C2CCN(c3cccc(Br)c3)C2=O)CCN1. The molecule has 0 bridgehead atoms. The van der Waals surface area contributed by atoms with Crippen molar-refractivity contribution in [3.05, 3.63) is 28.7 Å². The first-order chi connectivity index (χ1) is 11.0. The van der Waals surface area contributed by atoms with E-state index in [1.54, 1.807) is 4.90 Å². The van der Waals surface area contributed by atoms with Crippen molar-refractivity contribution in [2.45, 2.75) is 38.3 Å². The number of nitrogens with zero attached hydrogens (tertiary/aromatic N) is 1. The van der Waals surface area contributed by atoms with E-state index in [2.05, 4.69) is 33.5 Å². The first-order valence-electron chi connectivity index (χ1n) is 8.15. The molecule has 0 aromatic heterocycles. The van der Waals surface area contributed by atoms with Crippen LogP contribution in [0.4, 0.5) is 5.69 Å². The highest BCUT2D eigenvalue weighted by Gasteiger charge is 2.38. The highest BCUT2D eigenvalue weighted by atomic mass is 79.9. The van der Waals surface area contributed by atoms with Crippen molar-refractivity contribution in [2.24, 2.45) is 5.92 Å². The Morgan fingerprint density at radius 2 is 2.22 bits per heavy atom. The molecule has 2 heterocycles. The second-order valence-electron chi connectivity index (χ2n) is 6.40. The minimum atomic E-state index is -0.556. The molecule has 23 heavy (non-hydrogen) atoms. The summed E-state index contributed by atoms with van der Waals surface area (Å²) in [5.41, 5.74) is 0.843. The second-order valence-corrected chi connectivity index (χ2v) is 7.31. The predicted octanol–water partition coefficient (Wildman–Crippen LogP) is 2.06. The standard InChI is InChI=1S/C17H22BrN3O2/c1-11-9-13(5-7-19-11)20-16(22)15-6-8-21(17(15)23)14-4-2-3-12(18)10-14/h2-4,10-11,13,15,19H,5-9H2,1H3,(H,20,22). The average molecular weight is 380 g/mol. The lowest BCUT2D eigenvalue weighted by Crippen LogP contribution is -2.49. The van der Waals surface area contributed by atoms with E-state index in [1.165, 1.54) is 0 Å².